The lowest BCUT2D eigenvalue weighted by Gasteiger charge is -2.21. The zero-order valence-corrected chi connectivity index (χ0v) is 15.3. The molecule has 0 radical (unpaired) electrons. The summed E-state index contributed by atoms with van der Waals surface area (Å²) in [5, 5.41) is 2.69. The molecule has 0 saturated carbocycles. The van der Waals surface area contributed by atoms with E-state index in [1.807, 2.05) is 12.1 Å². The Morgan fingerprint density at radius 1 is 1.00 bits per heavy atom. The highest BCUT2D eigenvalue weighted by molar-refractivity contribution is 7.91. The van der Waals surface area contributed by atoms with Gasteiger partial charge in [0.1, 0.15) is 0 Å². The van der Waals surface area contributed by atoms with Crippen LogP contribution >= 0.6 is 0 Å². The van der Waals surface area contributed by atoms with Gasteiger partial charge in [-0.05, 0) is 62.4 Å². The van der Waals surface area contributed by atoms with Gasteiger partial charge in [-0.2, -0.15) is 8.78 Å². The first-order valence-electron chi connectivity index (χ1n) is 8.08. The van der Waals surface area contributed by atoms with Gasteiger partial charge in [0.2, 0.25) is 9.84 Å². The van der Waals surface area contributed by atoms with E-state index in [2.05, 4.69) is 24.1 Å². The maximum absolute atomic E-state index is 12.5. The number of halogens is 2. The van der Waals surface area contributed by atoms with Crippen molar-refractivity contribution in [1.29, 1.82) is 0 Å². The number of anilines is 2. The van der Waals surface area contributed by atoms with Crippen LogP contribution in [0.25, 0.3) is 0 Å². The first kappa shape index (κ1) is 19.8. The van der Waals surface area contributed by atoms with E-state index in [1.54, 1.807) is 12.1 Å². The van der Waals surface area contributed by atoms with Gasteiger partial charge in [-0.15, -0.1) is 0 Å². The zero-order valence-electron chi connectivity index (χ0n) is 14.4. The highest BCUT2D eigenvalue weighted by atomic mass is 32.2. The Kier molecular flexibility index (Phi) is 6.31. The first-order chi connectivity index (χ1) is 12.3. The van der Waals surface area contributed by atoms with Gasteiger partial charge < -0.3 is 10.2 Å². The molecule has 26 heavy (non-hydrogen) atoms. The monoisotopic (exact) mass is 382 g/mol. The molecule has 0 heterocycles. The second-order valence-corrected chi connectivity index (χ2v) is 7.42. The summed E-state index contributed by atoms with van der Waals surface area (Å²) in [5.41, 5.74) is 1.79. The van der Waals surface area contributed by atoms with Crippen molar-refractivity contribution in [2.75, 3.05) is 23.3 Å². The van der Waals surface area contributed by atoms with E-state index < -0.39 is 26.4 Å². The normalized spacial score (nSPS) is 11.4. The zero-order chi connectivity index (χ0) is 19.3. The van der Waals surface area contributed by atoms with Crippen LogP contribution in [0.15, 0.2) is 53.4 Å². The Bertz CT molecular complexity index is 847. The number of carbonyl (C=O) groups is 1. The third kappa shape index (κ3) is 4.37. The lowest BCUT2D eigenvalue weighted by molar-refractivity contribution is 0.102. The van der Waals surface area contributed by atoms with Crippen molar-refractivity contribution >= 4 is 27.1 Å². The molecule has 0 aliphatic carbocycles. The quantitative estimate of drug-likeness (QED) is 0.791. The molecular formula is C18H20F2N2O3S. The number of benzene rings is 2. The van der Waals surface area contributed by atoms with Crippen LogP contribution < -0.4 is 10.2 Å². The van der Waals surface area contributed by atoms with Crippen LogP contribution in [-0.4, -0.2) is 33.2 Å². The predicted octanol–water partition coefficient (Wildman–Crippen LogP) is 3.78. The van der Waals surface area contributed by atoms with E-state index in [-0.39, 0.29) is 5.56 Å². The third-order valence-corrected chi connectivity index (χ3v) is 5.33. The highest BCUT2D eigenvalue weighted by Crippen LogP contribution is 2.20. The summed E-state index contributed by atoms with van der Waals surface area (Å²) in [7, 11) is -4.67. The number of alkyl halides is 2. The molecule has 0 fully saturated rings. The molecule has 8 heteroatoms. The van der Waals surface area contributed by atoms with Crippen molar-refractivity contribution in [3.05, 3.63) is 54.1 Å². The fourth-order valence-electron chi connectivity index (χ4n) is 2.45. The molecule has 0 atom stereocenters. The summed E-state index contributed by atoms with van der Waals surface area (Å²) in [4.78, 5) is 13.9. The van der Waals surface area contributed by atoms with E-state index in [9.17, 15) is 22.0 Å². The van der Waals surface area contributed by atoms with Crippen molar-refractivity contribution in [1.82, 2.24) is 0 Å². The van der Waals surface area contributed by atoms with Gasteiger partial charge in [-0.25, -0.2) is 8.42 Å². The van der Waals surface area contributed by atoms with E-state index in [4.69, 9.17) is 0 Å². The topological polar surface area (TPSA) is 66.5 Å². The number of hydrogen-bond acceptors (Lipinski definition) is 4. The predicted molar refractivity (Wildman–Crippen MR) is 97.6 cm³/mol. The van der Waals surface area contributed by atoms with Crippen molar-refractivity contribution < 1.29 is 22.0 Å². The number of rotatable bonds is 7. The maximum atomic E-state index is 12.5. The molecule has 5 nitrogen and oxygen atoms in total. The molecule has 1 amide bonds. The minimum absolute atomic E-state index is 0.172. The minimum atomic E-state index is -4.67. The Morgan fingerprint density at radius 3 is 2.00 bits per heavy atom. The Morgan fingerprint density at radius 2 is 1.54 bits per heavy atom. The van der Waals surface area contributed by atoms with E-state index in [0.717, 1.165) is 30.9 Å². The molecule has 0 aromatic heterocycles. The number of hydrogen-bond donors (Lipinski definition) is 1. The van der Waals surface area contributed by atoms with E-state index >= 15 is 0 Å². The summed E-state index contributed by atoms with van der Waals surface area (Å²) in [6.45, 7) is 5.85. The van der Waals surface area contributed by atoms with Crippen LogP contribution in [0.5, 0.6) is 0 Å². The molecule has 0 unspecified atom stereocenters. The van der Waals surface area contributed by atoms with Crippen LogP contribution in [0.3, 0.4) is 0 Å². The number of sulfone groups is 1. The van der Waals surface area contributed by atoms with Crippen LogP contribution in [0.2, 0.25) is 0 Å². The average molecular weight is 382 g/mol. The molecule has 0 aliphatic rings. The van der Waals surface area contributed by atoms with Crippen molar-refractivity contribution in [3.63, 3.8) is 0 Å². The average Bonchev–Trinajstić information content (AvgIpc) is 2.64. The van der Waals surface area contributed by atoms with Gasteiger partial charge in [0, 0.05) is 30.0 Å². The van der Waals surface area contributed by atoms with Crippen LogP contribution in [0.4, 0.5) is 20.2 Å². The van der Waals surface area contributed by atoms with Crippen LogP contribution in [-0.2, 0) is 9.84 Å². The van der Waals surface area contributed by atoms with E-state index in [0.29, 0.717) is 5.69 Å². The Labute approximate surface area is 151 Å². The molecule has 2 rings (SSSR count). The Hall–Kier alpha value is -2.48. The standard InChI is InChI=1S/C18H20F2N2O3S/c1-3-22(4-2)15-9-7-14(8-10-15)21-17(23)13-5-11-16(12-6-13)26(24,25)18(19)20/h5-12,18H,3-4H2,1-2H3,(H,21,23). The summed E-state index contributed by atoms with van der Waals surface area (Å²) in [6.07, 6.45) is 0. The molecule has 2 aromatic carbocycles. The number of nitrogens with zero attached hydrogens (tertiary/aromatic N) is 1. The highest BCUT2D eigenvalue weighted by Gasteiger charge is 2.26. The second-order valence-electron chi connectivity index (χ2n) is 5.50. The second kappa shape index (κ2) is 8.27. The Balaban J connectivity index is 2.10. The van der Waals surface area contributed by atoms with Crippen molar-refractivity contribution in [3.8, 4) is 0 Å². The van der Waals surface area contributed by atoms with Gasteiger partial charge in [0.15, 0.2) is 0 Å². The number of amides is 1. The molecule has 0 saturated heterocycles. The number of carbonyl (C=O) groups excluding carboxylic acids is 1. The maximum Gasteiger partial charge on any atom is 0.341 e. The van der Waals surface area contributed by atoms with Crippen molar-refractivity contribution in [2.24, 2.45) is 0 Å². The molecule has 1 N–H and O–H groups in total. The lowest BCUT2D eigenvalue weighted by Crippen LogP contribution is -2.21. The molecule has 2 aromatic rings. The summed E-state index contributed by atoms with van der Waals surface area (Å²) in [5.74, 6) is -3.95. The first-order valence-corrected chi connectivity index (χ1v) is 9.62. The largest absolute Gasteiger partial charge is 0.372 e. The van der Waals surface area contributed by atoms with Crippen molar-refractivity contribution in [2.45, 2.75) is 24.5 Å². The van der Waals surface area contributed by atoms with E-state index in [1.165, 1.54) is 12.1 Å². The van der Waals surface area contributed by atoms with Crippen LogP contribution in [0, 0.1) is 0 Å². The summed E-state index contributed by atoms with van der Waals surface area (Å²) >= 11 is 0. The van der Waals surface area contributed by atoms with Gasteiger partial charge >= 0.3 is 5.76 Å². The molecule has 0 spiro atoms. The fourth-order valence-corrected chi connectivity index (χ4v) is 3.17. The molecule has 140 valence electrons. The minimum Gasteiger partial charge on any atom is -0.372 e. The van der Waals surface area contributed by atoms with Crippen LogP contribution in [0.1, 0.15) is 24.2 Å². The molecule has 0 aliphatic heterocycles. The molecular weight excluding hydrogens is 362 g/mol. The van der Waals surface area contributed by atoms with Gasteiger partial charge in [0.25, 0.3) is 5.91 Å². The third-order valence-electron chi connectivity index (χ3n) is 3.93. The van der Waals surface area contributed by atoms with Gasteiger partial charge in [0.05, 0.1) is 4.90 Å². The molecule has 0 bridgehead atoms. The lowest BCUT2D eigenvalue weighted by atomic mass is 10.2. The smallest absolute Gasteiger partial charge is 0.341 e. The van der Waals surface area contributed by atoms with Gasteiger partial charge in [-0.3, -0.25) is 4.79 Å². The fraction of sp³-hybridized carbons (Fsp3) is 0.278. The van der Waals surface area contributed by atoms with Gasteiger partial charge in [-0.1, -0.05) is 0 Å². The summed E-state index contributed by atoms with van der Waals surface area (Å²) in [6, 6.07) is 11.7. The SMILES string of the molecule is CCN(CC)c1ccc(NC(=O)c2ccc(S(=O)(=O)C(F)F)cc2)cc1. The summed E-state index contributed by atoms with van der Waals surface area (Å²) < 4.78 is 47.8. The number of nitrogens with one attached hydrogen (secondary N) is 1.